The Morgan fingerprint density at radius 2 is 2.08 bits per heavy atom. The van der Waals surface area contributed by atoms with Crippen LogP contribution in [0.5, 0.6) is 0 Å². The summed E-state index contributed by atoms with van der Waals surface area (Å²) < 4.78 is 21.9. The van der Waals surface area contributed by atoms with Crippen molar-refractivity contribution >= 4 is 0 Å². The van der Waals surface area contributed by atoms with Gasteiger partial charge in [-0.1, -0.05) is 0 Å². The van der Waals surface area contributed by atoms with Gasteiger partial charge in [0.25, 0.3) is 5.97 Å². The fraction of sp³-hybridized carbons (Fsp3) is 1.00. The van der Waals surface area contributed by atoms with Crippen molar-refractivity contribution < 1.29 is 24.1 Å². The molecule has 3 bridgehead atoms. The van der Waals surface area contributed by atoms with E-state index in [4.69, 9.17) is 24.1 Å². The van der Waals surface area contributed by atoms with Gasteiger partial charge in [0.15, 0.2) is 6.29 Å². The lowest BCUT2D eigenvalue weighted by Crippen LogP contribution is -2.51. The summed E-state index contributed by atoms with van der Waals surface area (Å²) >= 11 is 0. The maximum Gasteiger partial charge on any atom is 0.283 e. The normalized spacial score (nSPS) is 58.6. The van der Waals surface area contributed by atoms with Gasteiger partial charge in [0.1, 0.15) is 12.2 Å². The van der Waals surface area contributed by atoms with E-state index < -0.39 is 5.97 Å². The lowest BCUT2D eigenvalue weighted by molar-refractivity contribution is -0.362. The van der Waals surface area contributed by atoms with Gasteiger partial charge in [-0.3, -0.25) is 4.74 Å². The Labute approximate surface area is 75.5 Å². The van der Waals surface area contributed by atoms with Crippen LogP contribution in [0.4, 0.5) is 0 Å². The molecule has 5 heteroatoms. The van der Waals surface area contributed by atoms with Crippen molar-refractivity contribution in [2.45, 2.75) is 43.9 Å². The molecule has 3 heterocycles. The first kappa shape index (κ1) is 8.14. The first-order valence-electron chi connectivity index (χ1n) is 4.50. The van der Waals surface area contributed by atoms with Crippen molar-refractivity contribution in [3.05, 3.63) is 0 Å². The SMILES string of the molecule is CC12OC3C[C@H](O1)C(CO)O[C@@H]3O2. The van der Waals surface area contributed by atoms with Crippen LogP contribution in [-0.2, 0) is 18.9 Å². The fourth-order valence-corrected chi connectivity index (χ4v) is 2.18. The number of rotatable bonds is 1. The van der Waals surface area contributed by atoms with E-state index in [-0.39, 0.29) is 31.2 Å². The highest BCUT2D eigenvalue weighted by molar-refractivity contribution is 4.91. The molecule has 0 amide bonds. The highest BCUT2D eigenvalue weighted by Gasteiger charge is 2.58. The van der Waals surface area contributed by atoms with Gasteiger partial charge in [-0.05, 0) is 0 Å². The smallest absolute Gasteiger partial charge is 0.283 e. The fourth-order valence-electron chi connectivity index (χ4n) is 2.18. The molecule has 3 saturated heterocycles. The maximum atomic E-state index is 9.02. The molecular formula is C8H12O5. The van der Waals surface area contributed by atoms with E-state index in [0.29, 0.717) is 0 Å². The summed E-state index contributed by atoms with van der Waals surface area (Å²) in [7, 11) is 0. The summed E-state index contributed by atoms with van der Waals surface area (Å²) in [5.41, 5.74) is 0. The second kappa shape index (κ2) is 2.43. The van der Waals surface area contributed by atoms with Crippen molar-refractivity contribution in [1.29, 1.82) is 0 Å². The molecule has 0 radical (unpaired) electrons. The summed E-state index contributed by atoms with van der Waals surface area (Å²) in [6, 6.07) is 0. The molecule has 3 rings (SSSR count). The highest BCUT2D eigenvalue weighted by Crippen LogP contribution is 2.44. The molecule has 5 atom stereocenters. The molecule has 13 heavy (non-hydrogen) atoms. The first-order chi connectivity index (χ1) is 6.20. The third-order valence-electron chi connectivity index (χ3n) is 2.73. The van der Waals surface area contributed by atoms with Crippen molar-refractivity contribution in [3.63, 3.8) is 0 Å². The Balaban J connectivity index is 1.90. The largest absolute Gasteiger partial charge is 0.394 e. The van der Waals surface area contributed by atoms with Crippen molar-refractivity contribution in [2.24, 2.45) is 0 Å². The zero-order valence-electron chi connectivity index (χ0n) is 7.30. The summed E-state index contributed by atoms with van der Waals surface area (Å²) in [4.78, 5) is 0. The topological polar surface area (TPSA) is 57.2 Å². The Hall–Kier alpha value is -0.200. The maximum absolute atomic E-state index is 9.02. The molecule has 0 aromatic rings. The van der Waals surface area contributed by atoms with Crippen LogP contribution < -0.4 is 0 Å². The Kier molecular flexibility index (Phi) is 1.52. The summed E-state index contributed by atoms with van der Waals surface area (Å²) in [5, 5.41) is 9.02. The Bertz CT molecular complexity index is 233. The average molecular weight is 188 g/mol. The predicted octanol–water partition coefficient (Wildman–Crippen LogP) is -0.418. The van der Waals surface area contributed by atoms with Crippen LogP contribution in [0.1, 0.15) is 13.3 Å². The second-order valence-electron chi connectivity index (χ2n) is 3.75. The molecule has 0 saturated carbocycles. The molecule has 0 aromatic heterocycles. The van der Waals surface area contributed by atoms with Crippen LogP contribution in [0.2, 0.25) is 0 Å². The molecule has 0 spiro atoms. The minimum Gasteiger partial charge on any atom is -0.394 e. The van der Waals surface area contributed by atoms with E-state index >= 15 is 0 Å². The van der Waals surface area contributed by atoms with E-state index in [1.165, 1.54) is 0 Å². The van der Waals surface area contributed by atoms with E-state index in [9.17, 15) is 0 Å². The van der Waals surface area contributed by atoms with Gasteiger partial charge in [-0.2, -0.15) is 0 Å². The van der Waals surface area contributed by atoms with Crippen LogP contribution in [0.3, 0.4) is 0 Å². The molecule has 74 valence electrons. The van der Waals surface area contributed by atoms with Crippen LogP contribution in [-0.4, -0.2) is 42.3 Å². The summed E-state index contributed by atoms with van der Waals surface area (Å²) in [5.74, 6) is -0.956. The summed E-state index contributed by atoms with van der Waals surface area (Å²) in [6.45, 7) is 1.70. The molecule has 3 aliphatic rings. The van der Waals surface area contributed by atoms with Crippen molar-refractivity contribution in [3.8, 4) is 0 Å². The quantitative estimate of drug-likeness (QED) is 0.605. The van der Waals surface area contributed by atoms with Gasteiger partial charge in [0, 0.05) is 13.3 Å². The lowest BCUT2D eigenvalue weighted by Gasteiger charge is -2.38. The van der Waals surface area contributed by atoms with E-state index in [1.54, 1.807) is 6.92 Å². The highest BCUT2D eigenvalue weighted by atomic mass is 17.0. The lowest BCUT2D eigenvalue weighted by atomic mass is 10.0. The number of hydrogen-bond donors (Lipinski definition) is 1. The molecule has 1 N–H and O–H groups in total. The third-order valence-corrected chi connectivity index (χ3v) is 2.73. The average Bonchev–Trinajstić information content (AvgIpc) is 2.23. The van der Waals surface area contributed by atoms with Gasteiger partial charge in [-0.25, -0.2) is 0 Å². The molecule has 3 fully saturated rings. The van der Waals surface area contributed by atoms with Crippen LogP contribution in [0.15, 0.2) is 0 Å². The molecule has 0 aromatic carbocycles. The zero-order valence-corrected chi connectivity index (χ0v) is 7.30. The van der Waals surface area contributed by atoms with Crippen molar-refractivity contribution in [1.82, 2.24) is 0 Å². The number of aliphatic hydroxyl groups is 1. The van der Waals surface area contributed by atoms with Gasteiger partial charge < -0.3 is 19.3 Å². The van der Waals surface area contributed by atoms with E-state index in [2.05, 4.69) is 0 Å². The molecular weight excluding hydrogens is 176 g/mol. The number of hydrogen-bond acceptors (Lipinski definition) is 5. The van der Waals surface area contributed by atoms with E-state index in [1.807, 2.05) is 0 Å². The standard InChI is InChI=1S/C8H12O5/c1-8-11-4-2-5(12-8)7(13-8)10-6(4)3-9/h4-7,9H,2-3H2,1H3/t4-,5?,6?,7+,8?/m0/s1. The Morgan fingerprint density at radius 3 is 2.85 bits per heavy atom. The first-order valence-corrected chi connectivity index (χ1v) is 4.50. The predicted molar refractivity (Wildman–Crippen MR) is 39.6 cm³/mol. The molecule has 5 nitrogen and oxygen atoms in total. The summed E-state index contributed by atoms with van der Waals surface area (Å²) in [6.07, 6.45) is -0.0437. The van der Waals surface area contributed by atoms with Gasteiger partial charge in [0.05, 0.1) is 12.7 Å². The number of fused-ring (bicyclic) bond motifs is 2. The molecule has 3 aliphatic heterocycles. The van der Waals surface area contributed by atoms with Crippen LogP contribution >= 0.6 is 0 Å². The number of aliphatic hydroxyl groups excluding tert-OH is 1. The second-order valence-corrected chi connectivity index (χ2v) is 3.75. The molecule has 0 aliphatic carbocycles. The monoisotopic (exact) mass is 188 g/mol. The van der Waals surface area contributed by atoms with Gasteiger partial charge in [-0.15, -0.1) is 0 Å². The van der Waals surface area contributed by atoms with Crippen LogP contribution in [0.25, 0.3) is 0 Å². The molecule has 3 unspecified atom stereocenters. The number of ether oxygens (including phenoxy) is 4. The van der Waals surface area contributed by atoms with Gasteiger partial charge >= 0.3 is 0 Å². The minimum absolute atomic E-state index is 0.0344. The van der Waals surface area contributed by atoms with E-state index in [0.717, 1.165) is 6.42 Å². The van der Waals surface area contributed by atoms with Gasteiger partial charge in [0.2, 0.25) is 0 Å². The minimum atomic E-state index is -0.956. The van der Waals surface area contributed by atoms with Crippen molar-refractivity contribution in [2.75, 3.05) is 6.61 Å². The third kappa shape index (κ3) is 1.05. The zero-order chi connectivity index (χ0) is 9.05. The van der Waals surface area contributed by atoms with Crippen LogP contribution in [0, 0.1) is 0 Å². The Morgan fingerprint density at radius 1 is 1.31 bits per heavy atom.